The molecule has 1 unspecified atom stereocenters. The molecule has 3 nitrogen and oxygen atoms in total. The Balaban J connectivity index is 2.00. The average molecular weight is 284 g/mol. The maximum atomic E-state index is 9.54. The van der Waals surface area contributed by atoms with Gasteiger partial charge in [0.15, 0.2) is 0 Å². The number of rotatable bonds is 4. The molecule has 0 aliphatic carbocycles. The van der Waals surface area contributed by atoms with Gasteiger partial charge in [0.25, 0.3) is 0 Å². The molecule has 112 valence electrons. The van der Waals surface area contributed by atoms with Gasteiger partial charge in [0.2, 0.25) is 0 Å². The van der Waals surface area contributed by atoms with Gasteiger partial charge in [-0.25, -0.2) is 0 Å². The van der Waals surface area contributed by atoms with Crippen LogP contribution >= 0.6 is 0 Å². The molecule has 0 spiro atoms. The van der Waals surface area contributed by atoms with Crippen LogP contribution in [0.25, 0.3) is 10.8 Å². The van der Waals surface area contributed by atoms with Crippen LogP contribution in [0.15, 0.2) is 36.4 Å². The lowest BCUT2D eigenvalue weighted by atomic mass is 9.93. The fourth-order valence-electron chi connectivity index (χ4n) is 3.39. The fraction of sp³-hybridized carbons (Fsp3) is 0.444. The molecule has 0 saturated carbocycles. The monoisotopic (exact) mass is 284 g/mol. The molecule has 2 aromatic rings. The largest absolute Gasteiger partial charge is 0.396 e. The molecule has 0 bridgehead atoms. The molecule has 1 aliphatic rings. The van der Waals surface area contributed by atoms with Gasteiger partial charge < -0.3 is 10.8 Å². The molecule has 3 N–H and O–H groups in total. The van der Waals surface area contributed by atoms with Crippen molar-refractivity contribution < 1.29 is 5.11 Å². The van der Waals surface area contributed by atoms with Gasteiger partial charge in [-0.2, -0.15) is 0 Å². The van der Waals surface area contributed by atoms with E-state index in [1.54, 1.807) is 0 Å². The summed E-state index contributed by atoms with van der Waals surface area (Å²) in [6.45, 7) is 6.78. The molecule has 1 atom stereocenters. The Kier molecular flexibility index (Phi) is 3.74. The van der Waals surface area contributed by atoms with Crippen molar-refractivity contribution in [1.29, 1.82) is 0 Å². The highest BCUT2D eigenvalue weighted by Gasteiger charge is 2.33. The molecule has 2 aromatic carbocycles. The van der Waals surface area contributed by atoms with E-state index < -0.39 is 0 Å². The lowest BCUT2D eigenvalue weighted by Crippen LogP contribution is -2.37. The van der Waals surface area contributed by atoms with Crippen LogP contribution in [-0.4, -0.2) is 29.7 Å². The average Bonchev–Trinajstić information content (AvgIpc) is 2.84. The minimum atomic E-state index is -0.106. The van der Waals surface area contributed by atoms with Crippen molar-refractivity contribution in [3.63, 3.8) is 0 Å². The van der Waals surface area contributed by atoms with Crippen molar-refractivity contribution in [2.45, 2.75) is 26.4 Å². The van der Waals surface area contributed by atoms with E-state index in [1.807, 2.05) is 0 Å². The maximum absolute atomic E-state index is 9.54. The molecule has 0 radical (unpaired) electrons. The number of benzene rings is 2. The van der Waals surface area contributed by atoms with E-state index in [2.05, 4.69) is 55.1 Å². The quantitative estimate of drug-likeness (QED) is 0.907. The molecule has 0 fully saturated rings. The standard InChI is InChI=1S/C18H24N2O/c1-18(2,12-21)11-20-10-16-14-6-4-3-5-13(14)7-8-15(16)17(20)9-19/h3-8,17,21H,9-12,19H2,1-2H3. The second-order valence-corrected chi connectivity index (χ2v) is 6.83. The summed E-state index contributed by atoms with van der Waals surface area (Å²) < 4.78 is 0. The number of nitrogens with zero attached hydrogens (tertiary/aromatic N) is 1. The maximum Gasteiger partial charge on any atom is 0.0494 e. The lowest BCUT2D eigenvalue weighted by Gasteiger charge is -2.32. The summed E-state index contributed by atoms with van der Waals surface area (Å²) in [7, 11) is 0. The highest BCUT2D eigenvalue weighted by molar-refractivity contribution is 5.87. The first-order chi connectivity index (χ1) is 10.1. The number of nitrogens with two attached hydrogens (primary N) is 1. The third-order valence-corrected chi connectivity index (χ3v) is 4.52. The third-order valence-electron chi connectivity index (χ3n) is 4.52. The van der Waals surface area contributed by atoms with Gasteiger partial charge in [-0.1, -0.05) is 50.2 Å². The Morgan fingerprint density at radius 3 is 2.71 bits per heavy atom. The predicted molar refractivity (Wildman–Crippen MR) is 87.0 cm³/mol. The number of aliphatic hydroxyl groups is 1. The highest BCUT2D eigenvalue weighted by atomic mass is 16.3. The Morgan fingerprint density at radius 1 is 1.24 bits per heavy atom. The van der Waals surface area contributed by atoms with Gasteiger partial charge in [-0.05, 0) is 21.9 Å². The smallest absolute Gasteiger partial charge is 0.0494 e. The first-order valence-electron chi connectivity index (χ1n) is 7.61. The van der Waals surface area contributed by atoms with Crippen molar-refractivity contribution in [1.82, 2.24) is 4.90 Å². The van der Waals surface area contributed by atoms with E-state index in [0.29, 0.717) is 6.54 Å². The van der Waals surface area contributed by atoms with Gasteiger partial charge in [0, 0.05) is 37.7 Å². The number of hydrogen-bond donors (Lipinski definition) is 2. The van der Waals surface area contributed by atoms with Crippen molar-refractivity contribution in [2.75, 3.05) is 19.7 Å². The van der Waals surface area contributed by atoms with Gasteiger partial charge in [-0.15, -0.1) is 0 Å². The predicted octanol–water partition coefficient (Wildman–Crippen LogP) is 2.67. The molecular weight excluding hydrogens is 260 g/mol. The zero-order chi connectivity index (χ0) is 15.0. The number of fused-ring (bicyclic) bond motifs is 3. The Hall–Kier alpha value is -1.42. The second kappa shape index (κ2) is 5.41. The molecule has 0 saturated heterocycles. The van der Waals surface area contributed by atoms with Crippen LogP contribution in [0.3, 0.4) is 0 Å². The summed E-state index contributed by atoms with van der Waals surface area (Å²) in [5.41, 5.74) is 8.69. The zero-order valence-electron chi connectivity index (χ0n) is 12.8. The summed E-state index contributed by atoms with van der Waals surface area (Å²) in [5, 5.41) is 12.2. The molecule has 1 heterocycles. The Bertz CT molecular complexity index is 651. The van der Waals surface area contributed by atoms with Gasteiger partial charge in [-0.3, -0.25) is 4.90 Å². The van der Waals surface area contributed by atoms with Crippen LogP contribution in [0.1, 0.15) is 31.0 Å². The molecule has 3 heteroatoms. The van der Waals surface area contributed by atoms with Crippen LogP contribution in [0.2, 0.25) is 0 Å². The van der Waals surface area contributed by atoms with Crippen LogP contribution < -0.4 is 5.73 Å². The summed E-state index contributed by atoms with van der Waals surface area (Å²) in [5.74, 6) is 0. The summed E-state index contributed by atoms with van der Waals surface area (Å²) >= 11 is 0. The Morgan fingerprint density at radius 2 is 2.00 bits per heavy atom. The zero-order valence-corrected chi connectivity index (χ0v) is 12.8. The van der Waals surface area contributed by atoms with E-state index in [-0.39, 0.29) is 18.1 Å². The molecule has 0 aromatic heterocycles. The van der Waals surface area contributed by atoms with Crippen molar-refractivity contribution in [2.24, 2.45) is 11.1 Å². The van der Waals surface area contributed by atoms with Gasteiger partial charge in [0.1, 0.15) is 0 Å². The van der Waals surface area contributed by atoms with E-state index in [4.69, 9.17) is 5.73 Å². The number of aliphatic hydroxyl groups excluding tert-OH is 1. The van der Waals surface area contributed by atoms with Gasteiger partial charge in [0.05, 0.1) is 0 Å². The first-order valence-corrected chi connectivity index (χ1v) is 7.61. The molecule has 21 heavy (non-hydrogen) atoms. The number of hydrogen-bond acceptors (Lipinski definition) is 3. The fourth-order valence-corrected chi connectivity index (χ4v) is 3.39. The molecule has 0 amide bonds. The highest BCUT2D eigenvalue weighted by Crippen LogP contribution is 2.38. The van der Waals surface area contributed by atoms with Gasteiger partial charge >= 0.3 is 0 Å². The summed E-state index contributed by atoms with van der Waals surface area (Å²) in [4.78, 5) is 2.41. The summed E-state index contributed by atoms with van der Waals surface area (Å²) in [6.07, 6.45) is 0. The molecule has 3 rings (SSSR count). The normalized spacial score (nSPS) is 19.1. The van der Waals surface area contributed by atoms with E-state index >= 15 is 0 Å². The van der Waals surface area contributed by atoms with Crippen LogP contribution in [-0.2, 0) is 6.54 Å². The Labute approximate surface area is 126 Å². The van der Waals surface area contributed by atoms with E-state index in [0.717, 1.165) is 13.1 Å². The van der Waals surface area contributed by atoms with Crippen LogP contribution in [0.4, 0.5) is 0 Å². The van der Waals surface area contributed by atoms with Crippen molar-refractivity contribution in [3.05, 3.63) is 47.5 Å². The molecule has 1 aliphatic heterocycles. The minimum Gasteiger partial charge on any atom is -0.396 e. The van der Waals surface area contributed by atoms with E-state index in [1.165, 1.54) is 21.9 Å². The SMILES string of the molecule is CC(C)(CO)CN1Cc2c(ccc3ccccc23)C1CN. The van der Waals surface area contributed by atoms with E-state index in [9.17, 15) is 5.11 Å². The minimum absolute atomic E-state index is 0.106. The van der Waals surface area contributed by atoms with Crippen LogP contribution in [0, 0.1) is 5.41 Å². The topological polar surface area (TPSA) is 49.5 Å². The lowest BCUT2D eigenvalue weighted by molar-refractivity contribution is 0.0846. The third kappa shape index (κ3) is 2.57. The van der Waals surface area contributed by atoms with Crippen molar-refractivity contribution in [3.8, 4) is 0 Å². The second-order valence-electron chi connectivity index (χ2n) is 6.83. The molecular formula is C18H24N2O. The van der Waals surface area contributed by atoms with Crippen LogP contribution in [0.5, 0.6) is 0 Å². The first kappa shape index (κ1) is 14.5. The summed E-state index contributed by atoms with van der Waals surface area (Å²) in [6, 6.07) is 13.2. The van der Waals surface area contributed by atoms with Crippen molar-refractivity contribution >= 4 is 10.8 Å².